The fraction of sp³-hybridized carbons (Fsp3) is 0.316. The van der Waals surface area contributed by atoms with Gasteiger partial charge in [0.05, 0.1) is 5.92 Å². The second-order valence-electron chi connectivity index (χ2n) is 6.62. The summed E-state index contributed by atoms with van der Waals surface area (Å²) in [4.78, 5) is 29.6. The number of rotatable bonds is 4. The minimum Gasteiger partial charge on any atom is -0.475 e. The molecule has 3 heterocycles. The molecule has 0 fully saturated rings. The van der Waals surface area contributed by atoms with Crippen molar-refractivity contribution in [2.24, 2.45) is 0 Å². The fourth-order valence-electron chi connectivity index (χ4n) is 3.00. The lowest BCUT2D eigenvalue weighted by Gasteiger charge is -2.22. The summed E-state index contributed by atoms with van der Waals surface area (Å²) < 4.78 is 39.2. The molecule has 1 amide bonds. The van der Waals surface area contributed by atoms with Crippen molar-refractivity contribution in [3.8, 4) is 0 Å². The Morgan fingerprint density at radius 3 is 2.71 bits per heavy atom. The quantitative estimate of drug-likeness (QED) is 0.642. The molecule has 0 bridgehead atoms. The number of hydrogen-bond acceptors (Lipinski definition) is 6. The van der Waals surface area contributed by atoms with Crippen LogP contribution in [-0.2, 0) is 17.8 Å². The summed E-state index contributed by atoms with van der Waals surface area (Å²) in [6.45, 7) is 3.18. The minimum atomic E-state index is -5.08. The van der Waals surface area contributed by atoms with E-state index < -0.39 is 12.1 Å². The maximum absolute atomic E-state index is 11.9. The van der Waals surface area contributed by atoms with Crippen LogP contribution in [0.15, 0.2) is 41.2 Å². The summed E-state index contributed by atoms with van der Waals surface area (Å²) in [5.74, 6) is -0.755. The molecule has 12 heteroatoms. The molecule has 0 spiro atoms. The fourth-order valence-corrected chi connectivity index (χ4v) is 3.00. The third-order valence-electron chi connectivity index (χ3n) is 4.57. The van der Waals surface area contributed by atoms with Crippen LogP contribution in [0.2, 0.25) is 0 Å². The molecule has 164 valence electrons. The van der Waals surface area contributed by atoms with Gasteiger partial charge in [0.15, 0.2) is 5.82 Å². The van der Waals surface area contributed by atoms with E-state index in [0.29, 0.717) is 30.2 Å². The Labute approximate surface area is 173 Å². The molecular weight excluding hydrogens is 419 g/mol. The maximum atomic E-state index is 11.9. The van der Waals surface area contributed by atoms with Gasteiger partial charge < -0.3 is 19.5 Å². The number of benzene rings is 1. The molecule has 2 aromatic heterocycles. The van der Waals surface area contributed by atoms with Crippen LogP contribution >= 0.6 is 0 Å². The van der Waals surface area contributed by atoms with Gasteiger partial charge in [-0.2, -0.15) is 18.2 Å². The molecule has 1 unspecified atom stereocenters. The Morgan fingerprint density at radius 2 is 2.06 bits per heavy atom. The van der Waals surface area contributed by atoms with Gasteiger partial charge in [0.2, 0.25) is 5.89 Å². The number of imidazole rings is 1. The van der Waals surface area contributed by atoms with E-state index in [2.05, 4.69) is 20.4 Å². The van der Waals surface area contributed by atoms with Gasteiger partial charge in [0, 0.05) is 37.5 Å². The van der Waals surface area contributed by atoms with Crippen molar-refractivity contribution in [3.63, 3.8) is 0 Å². The highest BCUT2D eigenvalue weighted by Gasteiger charge is 2.38. The predicted molar refractivity (Wildman–Crippen MR) is 99.3 cm³/mol. The van der Waals surface area contributed by atoms with Crippen LogP contribution in [0.3, 0.4) is 0 Å². The number of amides is 1. The zero-order valence-corrected chi connectivity index (χ0v) is 16.3. The molecule has 1 aromatic carbocycles. The summed E-state index contributed by atoms with van der Waals surface area (Å²) in [6.07, 6.45) is -0.705. The van der Waals surface area contributed by atoms with Gasteiger partial charge >= 0.3 is 12.1 Å². The Balaban J connectivity index is 0.000000339. The van der Waals surface area contributed by atoms with Gasteiger partial charge in [-0.3, -0.25) is 4.79 Å². The SMILES string of the molecule is Cc1nccn1CCc1noc(C2CNC(=O)c3ccccc32)n1.O=C(O)C(F)(F)F. The van der Waals surface area contributed by atoms with Crippen molar-refractivity contribution < 1.29 is 32.4 Å². The van der Waals surface area contributed by atoms with Crippen molar-refractivity contribution in [3.05, 3.63) is 65.3 Å². The number of carboxylic acids is 1. The topological polar surface area (TPSA) is 123 Å². The Morgan fingerprint density at radius 1 is 1.35 bits per heavy atom. The van der Waals surface area contributed by atoms with E-state index in [9.17, 15) is 18.0 Å². The second kappa shape index (κ2) is 8.98. The molecular formula is C19H18F3N5O4. The zero-order chi connectivity index (χ0) is 22.6. The summed E-state index contributed by atoms with van der Waals surface area (Å²) in [6, 6.07) is 7.53. The van der Waals surface area contributed by atoms with Crippen molar-refractivity contribution in [2.45, 2.75) is 32.0 Å². The number of nitrogens with one attached hydrogen (secondary N) is 1. The average molecular weight is 437 g/mol. The van der Waals surface area contributed by atoms with Gasteiger partial charge in [0.1, 0.15) is 5.82 Å². The highest BCUT2D eigenvalue weighted by Crippen LogP contribution is 2.29. The summed E-state index contributed by atoms with van der Waals surface area (Å²) >= 11 is 0. The van der Waals surface area contributed by atoms with E-state index in [4.69, 9.17) is 14.4 Å². The number of carbonyl (C=O) groups excluding carboxylic acids is 1. The van der Waals surface area contributed by atoms with Crippen molar-refractivity contribution in [1.29, 1.82) is 0 Å². The normalized spacial score (nSPS) is 15.5. The third-order valence-corrected chi connectivity index (χ3v) is 4.57. The number of aromatic nitrogens is 4. The van der Waals surface area contributed by atoms with Crippen LogP contribution in [-0.4, -0.2) is 49.4 Å². The molecule has 9 nitrogen and oxygen atoms in total. The van der Waals surface area contributed by atoms with Gasteiger partial charge in [-0.25, -0.2) is 9.78 Å². The Kier molecular flexibility index (Phi) is 6.37. The third kappa shape index (κ3) is 5.27. The first-order valence-electron chi connectivity index (χ1n) is 9.14. The number of halogens is 3. The number of fused-ring (bicyclic) bond motifs is 1. The lowest BCUT2D eigenvalue weighted by Crippen LogP contribution is -2.35. The maximum Gasteiger partial charge on any atom is 0.490 e. The monoisotopic (exact) mass is 437 g/mol. The number of aryl methyl sites for hydroxylation is 3. The van der Waals surface area contributed by atoms with Crippen LogP contribution < -0.4 is 5.32 Å². The number of aliphatic carboxylic acids is 1. The zero-order valence-electron chi connectivity index (χ0n) is 16.3. The predicted octanol–water partition coefficient (Wildman–Crippen LogP) is 2.33. The molecule has 1 atom stereocenters. The Bertz CT molecular complexity index is 1080. The van der Waals surface area contributed by atoms with Gasteiger partial charge in [-0.1, -0.05) is 23.4 Å². The molecule has 0 saturated carbocycles. The van der Waals surface area contributed by atoms with Crippen LogP contribution in [0.1, 0.15) is 39.4 Å². The highest BCUT2D eigenvalue weighted by molar-refractivity contribution is 5.97. The van der Waals surface area contributed by atoms with Gasteiger partial charge in [-0.05, 0) is 18.6 Å². The molecule has 1 aliphatic heterocycles. The van der Waals surface area contributed by atoms with Crippen LogP contribution in [0, 0.1) is 6.92 Å². The van der Waals surface area contributed by atoms with Gasteiger partial charge in [-0.15, -0.1) is 0 Å². The number of nitrogens with zero attached hydrogens (tertiary/aromatic N) is 4. The molecule has 0 saturated heterocycles. The van der Waals surface area contributed by atoms with E-state index in [1.54, 1.807) is 6.20 Å². The van der Waals surface area contributed by atoms with Gasteiger partial charge in [0.25, 0.3) is 5.91 Å². The Hall–Kier alpha value is -3.70. The summed E-state index contributed by atoms with van der Waals surface area (Å²) in [5.41, 5.74) is 1.60. The first kappa shape index (κ1) is 22.0. The molecule has 2 N–H and O–H groups in total. The molecule has 0 radical (unpaired) electrons. The lowest BCUT2D eigenvalue weighted by molar-refractivity contribution is -0.192. The van der Waals surface area contributed by atoms with Crippen molar-refractivity contribution in [2.75, 3.05) is 6.54 Å². The van der Waals surface area contributed by atoms with Crippen LogP contribution in [0.4, 0.5) is 13.2 Å². The standard InChI is InChI=1S/C17H17N5O2.C2HF3O2/c1-11-18-7-9-22(11)8-6-15-20-17(24-21-15)14-10-19-16(23)13-5-3-2-4-12(13)14;3-2(4,5)1(6)7/h2-5,7,9,14H,6,8,10H2,1H3,(H,19,23);(H,6,7). The number of alkyl halides is 3. The van der Waals surface area contributed by atoms with Crippen LogP contribution in [0.5, 0.6) is 0 Å². The largest absolute Gasteiger partial charge is 0.490 e. The average Bonchev–Trinajstić information content (AvgIpc) is 3.35. The summed E-state index contributed by atoms with van der Waals surface area (Å²) in [7, 11) is 0. The lowest BCUT2D eigenvalue weighted by atomic mass is 9.90. The first-order valence-corrected chi connectivity index (χ1v) is 9.14. The van der Waals surface area contributed by atoms with E-state index in [1.165, 1.54) is 0 Å². The van der Waals surface area contributed by atoms with E-state index in [-0.39, 0.29) is 11.8 Å². The second-order valence-corrected chi connectivity index (χ2v) is 6.62. The molecule has 3 aromatic rings. The number of carbonyl (C=O) groups is 2. The summed E-state index contributed by atoms with van der Waals surface area (Å²) in [5, 5.41) is 14.1. The minimum absolute atomic E-state index is 0.0582. The molecule has 31 heavy (non-hydrogen) atoms. The first-order chi connectivity index (χ1) is 14.7. The van der Waals surface area contributed by atoms with E-state index in [0.717, 1.165) is 17.9 Å². The molecule has 1 aliphatic rings. The molecule has 4 rings (SSSR count). The van der Waals surface area contributed by atoms with E-state index in [1.807, 2.05) is 42.0 Å². The molecule has 0 aliphatic carbocycles. The van der Waals surface area contributed by atoms with Crippen molar-refractivity contribution in [1.82, 2.24) is 25.0 Å². The van der Waals surface area contributed by atoms with E-state index >= 15 is 0 Å². The number of carboxylic acid groups (broad SMARTS) is 1. The highest BCUT2D eigenvalue weighted by atomic mass is 19.4. The van der Waals surface area contributed by atoms with Crippen LogP contribution in [0.25, 0.3) is 0 Å². The van der Waals surface area contributed by atoms with Crippen molar-refractivity contribution >= 4 is 11.9 Å². The number of hydrogen-bond donors (Lipinski definition) is 2. The smallest absolute Gasteiger partial charge is 0.475 e.